The molecule has 0 radical (unpaired) electrons. The number of guanidine groups is 1. The van der Waals surface area contributed by atoms with Crippen LogP contribution in [0.15, 0.2) is 34.4 Å². The van der Waals surface area contributed by atoms with Crippen LogP contribution in [0.4, 0.5) is 0 Å². The molecule has 0 saturated carbocycles. The molecule has 1 rings (SSSR count). The summed E-state index contributed by atoms with van der Waals surface area (Å²) < 4.78 is 26.7. The van der Waals surface area contributed by atoms with Crippen LogP contribution in [-0.4, -0.2) is 45.5 Å². The normalized spacial score (nSPS) is 13.7. The zero-order valence-corrected chi connectivity index (χ0v) is 19.4. The molecule has 0 saturated heterocycles. The fourth-order valence-corrected chi connectivity index (χ4v) is 3.10. The van der Waals surface area contributed by atoms with Crippen LogP contribution < -0.4 is 15.4 Å². The van der Waals surface area contributed by atoms with Crippen LogP contribution in [0.1, 0.15) is 40.5 Å². The van der Waals surface area contributed by atoms with Crippen molar-refractivity contribution in [1.82, 2.24) is 20.3 Å². The lowest BCUT2D eigenvalue weighted by atomic mass is 9.89. The van der Waals surface area contributed by atoms with Gasteiger partial charge >= 0.3 is 0 Å². The summed E-state index contributed by atoms with van der Waals surface area (Å²) in [7, 11) is -1.83. The fraction of sp³-hybridized carbons (Fsp3) is 0.647. The first-order valence-corrected chi connectivity index (χ1v) is 9.99. The number of rotatable bonds is 8. The van der Waals surface area contributed by atoms with Gasteiger partial charge in [-0.15, -0.1) is 24.0 Å². The van der Waals surface area contributed by atoms with Crippen LogP contribution in [0.5, 0.6) is 0 Å². The largest absolute Gasteiger partial charge is 0.355 e. The molecule has 7 nitrogen and oxygen atoms in total. The Morgan fingerprint density at radius 2 is 2.00 bits per heavy atom. The quantitative estimate of drug-likeness (QED) is 0.222. The second-order valence-electron chi connectivity index (χ2n) is 7.23. The summed E-state index contributed by atoms with van der Waals surface area (Å²) in [4.78, 5) is 8.16. The van der Waals surface area contributed by atoms with Crippen molar-refractivity contribution in [2.45, 2.75) is 51.5 Å². The second-order valence-corrected chi connectivity index (χ2v) is 9.00. The molecule has 0 aliphatic heterocycles. The molecule has 150 valence electrons. The average Bonchev–Trinajstić information content (AvgIpc) is 2.56. The summed E-state index contributed by atoms with van der Waals surface area (Å²) in [6.07, 6.45) is 5.02. The Balaban J connectivity index is 0.00000625. The number of aromatic nitrogens is 1. The van der Waals surface area contributed by atoms with Crippen molar-refractivity contribution in [3.8, 4) is 0 Å². The van der Waals surface area contributed by atoms with Gasteiger partial charge in [-0.25, -0.2) is 13.1 Å². The molecule has 3 N–H and O–H groups in total. The SMILES string of the molecule is CN=C(NCCNS(=O)(=O)c1cccnc1)NC(C)CCC(C)(C)C.I. The van der Waals surface area contributed by atoms with E-state index in [1.165, 1.54) is 18.5 Å². The molecule has 1 unspecified atom stereocenters. The van der Waals surface area contributed by atoms with Crippen molar-refractivity contribution >= 4 is 40.0 Å². The molecule has 0 bridgehead atoms. The Bertz CT molecular complexity index is 645. The molecule has 1 atom stereocenters. The zero-order chi connectivity index (χ0) is 18.9. The third-order valence-corrected chi connectivity index (χ3v) is 5.03. The maximum absolute atomic E-state index is 12.1. The number of nitrogens with one attached hydrogen (secondary N) is 3. The number of aliphatic imine (C=N–C) groups is 1. The van der Waals surface area contributed by atoms with Gasteiger partial charge < -0.3 is 10.6 Å². The van der Waals surface area contributed by atoms with Gasteiger partial charge in [0.2, 0.25) is 10.0 Å². The van der Waals surface area contributed by atoms with Crippen LogP contribution in [0, 0.1) is 5.41 Å². The summed E-state index contributed by atoms with van der Waals surface area (Å²) in [6, 6.07) is 3.40. The van der Waals surface area contributed by atoms with Crippen LogP contribution in [-0.2, 0) is 10.0 Å². The van der Waals surface area contributed by atoms with Gasteiger partial charge in [0.1, 0.15) is 4.90 Å². The highest BCUT2D eigenvalue weighted by atomic mass is 127. The van der Waals surface area contributed by atoms with Crippen LogP contribution in [0.25, 0.3) is 0 Å². The first kappa shape index (κ1) is 25.1. The number of hydrogen-bond donors (Lipinski definition) is 3. The molecule has 0 aliphatic carbocycles. The minimum Gasteiger partial charge on any atom is -0.355 e. The molecule has 0 aliphatic rings. The van der Waals surface area contributed by atoms with Gasteiger partial charge in [0.25, 0.3) is 0 Å². The molecule has 0 fully saturated rings. The molecule has 9 heteroatoms. The lowest BCUT2D eigenvalue weighted by molar-refractivity contribution is 0.346. The van der Waals surface area contributed by atoms with E-state index in [1.54, 1.807) is 13.1 Å². The van der Waals surface area contributed by atoms with Crippen molar-refractivity contribution < 1.29 is 8.42 Å². The number of nitrogens with zero attached hydrogens (tertiary/aromatic N) is 2. The summed E-state index contributed by atoms with van der Waals surface area (Å²) in [5.41, 5.74) is 0.303. The molecule has 0 amide bonds. The lowest BCUT2D eigenvalue weighted by Crippen LogP contribution is -2.45. The van der Waals surface area contributed by atoms with Crippen molar-refractivity contribution in [1.29, 1.82) is 0 Å². The molecule has 1 heterocycles. The topological polar surface area (TPSA) is 95.5 Å². The Labute approximate surface area is 174 Å². The molecular formula is C17H32IN5O2S. The van der Waals surface area contributed by atoms with E-state index in [-0.39, 0.29) is 41.5 Å². The van der Waals surface area contributed by atoms with E-state index < -0.39 is 10.0 Å². The smallest absolute Gasteiger partial charge is 0.242 e. The minimum absolute atomic E-state index is 0. The third-order valence-electron chi connectivity index (χ3n) is 3.59. The predicted octanol–water partition coefficient (Wildman–Crippen LogP) is 2.36. The van der Waals surface area contributed by atoms with Crippen molar-refractivity contribution in [3.05, 3.63) is 24.5 Å². The van der Waals surface area contributed by atoms with Gasteiger partial charge in [-0.05, 0) is 37.3 Å². The van der Waals surface area contributed by atoms with E-state index in [2.05, 4.69) is 53.0 Å². The van der Waals surface area contributed by atoms with Crippen molar-refractivity contribution in [2.24, 2.45) is 10.4 Å². The van der Waals surface area contributed by atoms with Gasteiger partial charge in [-0.3, -0.25) is 9.98 Å². The average molecular weight is 497 g/mol. The number of pyridine rings is 1. The monoisotopic (exact) mass is 497 g/mol. The number of sulfonamides is 1. The first-order chi connectivity index (χ1) is 11.6. The first-order valence-electron chi connectivity index (χ1n) is 8.51. The van der Waals surface area contributed by atoms with Gasteiger partial charge in [0.05, 0.1) is 0 Å². The molecular weight excluding hydrogens is 465 g/mol. The van der Waals surface area contributed by atoms with Crippen LogP contribution >= 0.6 is 24.0 Å². The molecule has 0 spiro atoms. The number of hydrogen-bond acceptors (Lipinski definition) is 4. The van der Waals surface area contributed by atoms with E-state index in [0.717, 1.165) is 12.8 Å². The van der Waals surface area contributed by atoms with Crippen LogP contribution in [0.3, 0.4) is 0 Å². The van der Waals surface area contributed by atoms with Gasteiger partial charge in [0, 0.05) is 38.6 Å². The van der Waals surface area contributed by atoms with Crippen molar-refractivity contribution in [2.75, 3.05) is 20.1 Å². The van der Waals surface area contributed by atoms with E-state index in [1.807, 2.05) is 0 Å². The lowest BCUT2D eigenvalue weighted by Gasteiger charge is -2.23. The highest BCUT2D eigenvalue weighted by Gasteiger charge is 2.14. The summed E-state index contributed by atoms with van der Waals surface area (Å²) in [5, 5.41) is 6.44. The molecule has 1 aromatic rings. The Morgan fingerprint density at radius 1 is 1.31 bits per heavy atom. The van der Waals surface area contributed by atoms with Crippen LogP contribution in [0.2, 0.25) is 0 Å². The third kappa shape index (κ3) is 10.3. The molecule has 1 aromatic heterocycles. The highest BCUT2D eigenvalue weighted by molar-refractivity contribution is 14.0. The summed E-state index contributed by atoms with van der Waals surface area (Å²) in [5.74, 6) is 0.669. The van der Waals surface area contributed by atoms with E-state index >= 15 is 0 Å². The minimum atomic E-state index is -3.53. The van der Waals surface area contributed by atoms with Gasteiger partial charge in [-0.2, -0.15) is 0 Å². The maximum atomic E-state index is 12.1. The number of halogens is 1. The van der Waals surface area contributed by atoms with Gasteiger partial charge in [-0.1, -0.05) is 20.8 Å². The maximum Gasteiger partial charge on any atom is 0.242 e. The zero-order valence-electron chi connectivity index (χ0n) is 16.2. The Kier molecular flexibility index (Phi) is 11.3. The predicted molar refractivity (Wildman–Crippen MR) is 117 cm³/mol. The summed E-state index contributed by atoms with van der Waals surface area (Å²) >= 11 is 0. The van der Waals surface area contributed by atoms with Crippen molar-refractivity contribution in [3.63, 3.8) is 0 Å². The van der Waals surface area contributed by atoms with Gasteiger partial charge in [0.15, 0.2) is 5.96 Å². The van der Waals surface area contributed by atoms with E-state index in [9.17, 15) is 8.42 Å². The molecule has 26 heavy (non-hydrogen) atoms. The van der Waals surface area contributed by atoms with E-state index in [0.29, 0.717) is 17.9 Å². The van der Waals surface area contributed by atoms with E-state index in [4.69, 9.17) is 0 Å². The summed E-state index contributed by atoms with van der Waals surface area (Å²) in [6.45, 7) is 9.48. The Hall–Kier alpha value is -0.940. The fourth-order valence-electron chi connectivity index (χ4n) is 2.11. The molecule has 0 aromatic carbocycles. The standard InChI is InChI=1S/C17H31N5O2S.HI/c1-14(8-9-17(2,3)4)22-16(18-5)20-11-12-21-25(23,24)15-7-6-10-19-13-15;/h6-7,10,13-14,21H,8-9,11-12H2,1-5H3,(H2,18,20,22);1H. The highest BCUT2D eigenvalue weighted by Crippen LogP contribution is 2.21. The second kappa shape index (κ2) is 11.7. The Morgan fingerprint density at radius 3 is 2.54 bits per heavy atom.